The van der Waals surface area contributed by atoms with Crippen molar-refractivity contribution >= 4 is 0 Å². The van der Waals surface area contributed by atoms with E-state index in [1.54, 1.807) is 0 Å². The van der Waals surface area contributed by atoms with E-state index in [4.69, 9.17) is 0 Å². The van der Waals surface area contributed by atoms with Crippen LogP contribution in [0.15, 0.2) is 60.2 Å². The van der Waals surface area contributed by atoms with Gasteiger partial charge in [-0.2, -0.15) is 0 Å². The number of halogens is 3. The summed E-state index contributed by atoms with van der Waals surface area (Å²) in [7, 11) is 0. The maximum atomic E-state index is 2.51. The maximum absolute atomic E-state index is 2.51. The van der Waals surface area contributed by atoms with E-state index in [0.717, 1.165) is 0 Å². The first-order chi connectivity index (χ1) is 12.3. The SMILES string of the molecule is CCCC1=C[C]([Ti+3])(C(c2cc(C)cc(C)c2)c2cc(C)cc(C)c2)C=C1.[Cl-].[Cl-].[Cl-]. The van der Waals surface area contributed by atoms with Gasteiger partial charge >= 0.3 is 171 Å². The number of benzene rings is 2. The molecule has 1 aliphatic rings. The van der Waals surface area contributed by atoms with Crippen LogP contribution in [0.3, 0.4) is 0 Å². The van der Waals surface area contributed by atoms with Gasteiger partial charge in [0.2, 0.25) is 0 Å². The molecule has 0 N–H and O–H groups in total. The number of aryl methyl sites for hydroxylation is 4. The number of rotatable bonds is 5. The minimum absolute atomic E-state index is 0. The van der Waals surface area contributed by atoms with Gasteiger partial charge in [0.1, 0.15) is 0 Å². The van der Waals surface area contributed by atoms with Crippen molar-refractivity contribution < 1.29 is 57.7 Å². The van der Waals surface area contributed by atoms with Gasteiger partial charge in [0.25, 0.3) is 0 Å². The zero-order valence-electron chi connectivity index (χ0n) is 17.8. The summed E-state index contributed by atoms with van der Waals surface area (Å²) in [4.78, 5) is 0. The van der Waals surface area contributed by atoms with Crippen LogP contribution in [-0.2, 0) is 20.4 Å². The van der Waals surface area contributed by atoms with Crippen molar-refractivity contribution in [2.45, 2.75) is 57.1 Å². The summed E-state index contributed by atoms with van der Waals surface area (Å²) in [6.07, 6.45) is 9.65. The summed E-state index contributed by atoms with van der Waals surface area (Å²) in [5, 5.41) is 0. The quantitative estimate of drug-likeness (QED) is 0.435. The molecule has 0 aliphatic heterocycles. The molecule has 0 heterocycles. The predicted molar refractivity (Wildman–Crippen MR) is 108 cm³/mol. The standard InChI is InChI=1S/C25H29.3ClH.Ti/c1-6-7-21-8-9-22(16-21)25(23-12-17(2)10-18(3)13-23)24-14-19(4)11-20(5)15-24;;;;/h8-16,25H,6-7H2,1-5H3;3*1H;/q;;;;+3/p-3. The summed E-state index contributed by atoms with van der Waals surface area (Å²) < 4.78 is 0.0188. The molecule has 0 bridgehead atoms. The molecule has 0 saturated carbocycles. The monoisotopic (exact) mass is 482 g/mol. The van der Waals surface area contributed by atoms with Gasteiger partial charge in [0.15, 0.2) is 0 Å². The summed E-state index contributed by atoms with van der Waals surface area (Å²) in [6.45, 7) is 11.1. The Morgan fingerprint density at radius 3 is 1.55 bits per heavy atom. The first-order valence-corrected chi connectivity index (χ1v) is 10.4. The fourth-order valence-corrected chi connectivity index (χ4v) is 5.31. The van der Waals surface area contributed by atoms with Crippen molar-refractivity contribution in [2.24, 2.45) is 0 Å². The Hall–Kier alpha value is -0.496. The molecule has 1 atom stereocenters. The van der Waals surface area contributed by atoms with E-state index in [1.807, 2.05) is 0 Å². The minimum Gasteiger partial charge on any atom is -1.00 e. The van der Waals surface area contributed by atoms with Gasteiger partial charge in [-0.3, -0.25) is 0 Å². The third kappa shape index (κ3) is 6.74. The van der Waals surface area contributed by atoms with Crippen LogP contribution < -0.4 is 37.2 Å². The Morgan fingerprint density at radius 2 is 1.17 bits per heavy atom. The van der Waals surface area contributed by atoms with Crippen LogP contribution in [0.25, 0.3) is 0 Å². The Labute approximate surface area is 207 Å². The fraction of sp³-hybridized carbons (Fsp3) is 0.360. The van der Waals surface area contributed by atoms with E-state index in [0.29, 0.717) is 5.92 Å². The second-order valence-corrected chi connectivity index (χ2v) is 9.36. The number of allylic oxidation sites excluding steroid dienone is 4. The molecule has 2 aromatic carbocycles. The molecule has 3 rings (SSSR count). The van der Waals surface area contributed by atoms with Gasteiger partial charge in [-0.05, 0) is 0 Å². The van der Waals surface area contributed by atoms with Gasteiger partial charge in [0, 0.05) is 0 Å². The molecule has 0 spiro atoms. The van der Waals surface area contributed by atoms with Gasteiger partial charge in [-0.15, -0.1) is 0 Å². The first kappa shape index (κ1) is 28.5. The second-order valence-electron chi connectivity index (χ2n) is 8.01. The zero-order valence-corrected chi connectivity index (χ0v) is 21.7. The van der Waals surface area contributed by atoms with Crippen molar-refractivity contribution in [3.8, 4) is 0 Å². The van der Waals surface area contributed by atoms with E-state index in [2.05, 4.69) is 110 Å². The molecule has 1 unspecified atom stereocenters. The van der Waals surface area contributed by atoms with Gasteiger partial charge in [-0.1, -0.05) is 0 Å². The van der Waals surface area contributed by atoms with Crippen LogP contribution in [0.5, 0.6) is 0 Å². The molecular weight excluding hydrogens is 455 g/mol. The smallest absolute Gasteiger partial charge is 1.00 e. The molecule has 0 saturated heterocycles. The molecular formula is C25H29Cl3Ti. The summed E-state index contributed by atoms with van der Waals surface area (Å²) in [5.41, 5.74) is 9.71. The van der Waals surface area contributed by atoms with Crippen LogP contribution in [0.4, 0.5) is 0 Å². The van der Waals surface area contributed by atoms with E-state index in [1.165, 1.54) is 51.8 Å². The molecule has 29 heavy (non-hydrogen) atoms. The summed E-state index contributed by atoms with van der Waals surface area (Å²) in [6, 6.07) is 14.0. The maximum Gasteiger partial charge on any atom is -1.00 e. The van der Waals surface area contributed by atoms with Crippen LogP contribution >= 0.6 is 0 Å². The fourth-order valence-electron chi connectivity index (χ4n) is 4.37. The topological polar surface area (TPSA) is 0 Å². The van der Waals surface area contributed by atoms with E-state index in [9.17, 15) is 0 Å². The Kier molecular flexibility index (Phi) is 11.6. The Balaban J connectivity index is 0.00000261. The van der Waals surface area contributed by atoms with Gasteiger partial charge < -0.3 is 37.2 Å². The van der Waals surface area contributed by atoms with E-state index < -0.39 is 0 Å². The summed E-state index contributed by atoms with van der Waals surface area (Å²) >= 11 is 2.40. The van der Waals surface area contributed by atoms with Crippen LogP contribution in [-0.4, -0.2) is 0 Å². The molecule has 0 nitrogen and oxygen atoms in total. The number of hydrogen-bond donors (Lipinski definition) is 0. The molecule has 0 amide bonds. The Bertz CT molecular complexity index is 794. The van der Waals surface area contributed by atoms with E-state index in [-0.39, 0.29) is 40.9 Å². The van der Waals surface area contributed by atoms with Crippen molar-refractivity contribution in [1.29, 1.82) is 0 Å². The van der Waals surface area contributed by atoms with Crippen molar-refractivity contribution in [1.82, 2.24) is 0 Å². The van der Waals surface area contributed by atoms with Crippen molar-refractivity contribution in [3.63, 3.8) is 0 Å². The number of hydrogen-bond acceptors (Lipinski definition) is 0. The van der Waals surface area contributed by atoms with Crippen LogP contribution in [0.2, 0.25) is 3.72 Å². The first-order valence-electron chi connectivity index (χ1n) is 9.63. The third-order valence-corrected chi connectivity index (χ3v) is 6.10. The zero-order chi connectivity index (χ0) is 18.9. The normalized spacial score (nSPS) is 17.3. The van der Waals surface area contributed by atoms with Crippen molar-refractivity contribution in [3.05, 3.63) is 93.6 Å². The van der Waals surface area contributed by atoms with Crippen molar-refractivity contribution in [2.75, 3.05) is 0 Å². The molecule has 1 aliphatic carbocycles. The second kappa shape index (κ2) is 11.8. The molecule has 0 aromatic heterocycles. The Morgan fingerprint density at radius 1 is 0.759 bits per heavy atom. The predicted octanol–water partition coefficient (Wildman–Crippen LogP) is -1.93. The van der Waals surface area contributed by atoms with Crippen LogP contribution in [0.1, 0.15) is 59.1 Å². The van der Waals surface area contributed by atoms with E-state index >= 15 is 0 Å². The molecule has 0 radical (unpaired) electrons. The summed E-state index contributed by atoms with van der Waals surface area (Å²) in [5.74, 6) is 0.338. The molecule has 154 valence electrons. The molecule has 0 fully saturated rings. The minimum atomic E-state index is 0. The van der Waals surface area contributed by atoms with Gasteiger partial charge in [-0.25, -0.2) is 0 Å². The largest absolute Gasteiger partial charge is 1.00 e. The average Bonchev–Trinajstić information content (AvgIpc) is 2.87. The van der Waals surface area contributed by atoms with Gasteiger partial charge in [0.05, 0.1) is 0 Å². The third-order valence-electron chi connectivity index (χ3n) is 5.17. The molecule has 4 heteroatoms. The average molecular weight is 484 g/mol. The van der Waals surface area contributed by atoms with Crippen LogP contribution in [0, 0.1) is 27.7 Å². The molecule has 2 aromatic rings.